The topological polar surface area (TPSA) is 72.0 Å². The summed E-state index contributed by atoms with van der Waals surface area (Å²) >= 11 is 1.45. The molecular formula is C16H15N3O2S2. The molecule has 118 valence electrons. The van der Waals surface area contributed by atoms with Crippen LogP contribution >= 0.6 is 11.5 Å². The van der Waals surface area contributed by atoms with Crippen LogP contribution in [0.3, 0.4) is 0 Å². The van der Waals surface area contributed by atoms with Crippen molar-refractivity contribution in [2.24, 2.45) is 0 Å². The smallest absolute Gasteiger partial charge is 0.175 e. The molecule has 7 heteroatoms. The van der Waals surface area contributed by atoms with Crippen molar-refractivity contribution in [1.29, 1.82) is 0 Å². The molecule has 1 N–H and O–H groups in total. The number of aromatic nitrogens is 2. The van der Waals surface area contributed by atoms with E-state index in [0.29, 0.717) is 11.4 Å². The summed E-state index contributed by atoms with van der Waals surface area (Å²) in [4.78, 5) is 6.00. The molecule has 2 aromatic heterocycles. The van der Waals surface area contributed by atoms with E-state index in [9.17, 15) is 8.42 Å². The summed E-state index contributed by atoms with van der Waals surface area (Å²) in [6.07, 6.45) is 2.97. The fourth-order valence-electron chi connectivity index (χ4n) is 2.08. The van der Waals surface area contributed by atoms with Gasteiger partial charge in [0.1, 0.15) is 5.82 Å². The van der Waals surface area contributed by atoms with Gasteiger partial charge in [-0.1, -0.05) is 18.2 Å². The second-order valence-corrected chi connectivity index (χ2v) is 7.97. The fourth-order valence-corrected chi connectivity index (χ4v) is 3.22. The minimum atomic E-state index is -3.18. The molecule has 0 aliphatic rings. The van der Waals surface area contributed by atoms with Gasteiger partial charge in [0.15, 0.2) is 9.84 Å². The van der Waals surface area contributed by atoms with Crippen molar-refractivity contribution in [2.75, 3.05) is 11.6 Å². The van der Waals surface area contributed by atoms with E-state index in [4.69, 9.17) is 0 Å². The highest BCUT2D eigenvalue weighted by molar-refractivity contribution is 7.90. The first-order valence-electron chi connectivity index (χ1n) is 6.93. The first-order chi connectivity index (χ1) is 11.0. The van der Waals surface area contributed by atoms with Crippen molar-refractivity contribution >= 4 is 27.2 Å². The van der Waals surface area contributed by atoms with Gasteiger partial charge in [-0.3, -0.25) is 0 Å². The Morgan fingerprint density at radius 3 is 2.52 bits per heavy atom. The molecule has 3 rings (SSSR count). The number of anilines is 1. The molecule has 3 aromatic rings. The summed E-state index contributed by atoms with van der Waals surface area (Å²) in [6, 6.07) is 14.4. The lowest BCUT2D eigenvalue weighted by atomic mass is 10.1. The van der Waals surface area contributed by atoms with Crippen LogP contribution in [0.15, 0.2) is 59.6 Å². The maximum absolute atomic E-state index is 11.5. The largest absolute Gasteiger partial charge is 0.365 e. The SMILES string of the molecule is CS(=O)(=O)c1ccc(-c2cccc(NCc3ccns3)n2)cc1. The molecule has 0 saturated carbocycles. The highest BCUT2D eigenvalue weighted by Crippen LogP contribution is 2.21. The van der Waals surface area contributed by atoms with Crippen LogP contribution in [0.4, 0.5) is 5.82 Å². The average Bonchev–Trinajstić information content (AvgIpc) is 3.06. The van der Waals surface area contributed by atoms with Gasteiger partial charge in [-0.25, -0.2) is 17.8 Å². The summed E-state index contributed by atoms with van der Waals surface area (Å²) in [5, 5.41) is 3.26. The van der Waals surface area contributed by atoms with E-state index in [2.05, 4.69) is 14.7 Å². The molecule has 0 radical (unpaired) electrons. The van der Waals surface area contributed by atoms with E-state index >= 15 is 0 Å². The van der Waals surface area contributed by atoms with Crippen molar-refractivity contribution in [3.05, 3.63) is 59.6 Å². The number of sulfone groups is 1. The Morgan fingerprint density at radius 1 is 1.09 bits per heavy atom. The molecule has 0 fully saturated rings. The van der Waals surface area contributed by atoms with Gasteiger partial charge in [0, 0.05) is 22.9 Å². The third kappa shape index (κ3) is 3.94. The Kier molecular flexibility index (Phi) is 4.40. The Labute approximate surface area is 139 Å². The molecular weight excluding hydrogens is 330 g/mol. The number of hydrogen-bond donors (Lipinski definition) is 1. The molecule has 0 saturated heterocycles. The molecule has 0 atom stereocenters. The van der Waals surface area contributed by atoms with Crippen LogP contribution < -0.4 is 5.32 Å². The molecule has 23 heavy (non-hydrogen) atoms. The van der Waals surface area contributed by atoms with E-state index in [1.54, 1.807) is 30.5 Å². The third-order valence-electron chi connectivity index (χ3n) is 3.26. The summed E-state index contributed by atoms with van der Waals surface area (Å²) in [5.74, 6) is 0.767. The number of hydrogen-bond acceptors (Lipinski definition) is 6. The van der Waals surface area contributed by atoms with Crippen molar-refractivity contribution < 1.29 is 8.42 Å². The number of rotatable bonds is 5. The normalized spacial score (nSPS) is 11.3. The van der Waals surface area contributed by atoms with Gasteiger partial charge in [0.2, 0.25) is 0 Å². The molecule has 0 unspecified atom stereocenters. The van der Waals surface area contributed by atoms with Crippen LogP contribution in [0, 0.1) is 0 Å². The molecule has 2 heterocycles. The van der Waals surface area contributed by atoms with E-state index in [1.165, 1.54) is 17.8 Å². The lowest BCUT2D eigenvalue weighted by Crippen LogP contribution is -2.00. The number of pyridine rings is 1. The molecule has 0 aliphatic heterocycles. The predicted molar refractivity (Wildman–Crippen MR) is 92.2 cm³/mol. The van der Waals surface area contributed by atoms with Crippen LogP contribution in [0.2, 0.25) is 0 Å². The van der Waals surface area contributed by atoms with E-state index in [0.717, 1.165) is 22.0 Å². The van der Waals surface area contributed by atoms with Crippen molar-refractivity contribution in [1.82, 2.24) is 9.36 Å². The first-order valence-corrected chi connectivity index (χ1v) is 9.60. The van der Waals surface area contributed by atoms with Crippen molar-refractivity contribution in [3.63, 3.8) is 0 Å². The maximum atomic E-state index is 11.5. The molecule has 1 aromatic carbocycles. The molecule has 0 bridgehead atoms. The molecule has 0 aliphatic carbocycles. The molecule has 0 spiro atoms. The second-order valence-electron chi connectivity index (χ2n) is 5.04. The first kappa shape index (κ1) is 15.6. The minimum absolute atomic E-state index is 0.306. The van der Waals surface area contributed by atoms with Gasteiger partial charge in [-0.15, -0.1) is 0 Å². The molecule has 5 nitrogen and oxygen atoms in total. The van der Waals surface area contributed by atoms with Crippen LogP contribution in [0.1, 0.15) is 4.88 Å². The van der Waals surface area contributed by atoms with Crippen molar-refractivity contribution in [2.45, 2.75) is 11.4 Å². The summed E-state index contributed by atoms with van der Waals surface area (Å²) in [6.45, 7) is 0.675. The minimum Gasteiger partial charge on any atom is -0.365 e. The maximum Gasteiger partial charge on any atom is 0.175 e. The summed E-state index contributed by atoms with van der Waals surface area (Å²) in [7, 11) is -3.18. The van der Waals surface area contributed by atoms with Gasteiger partial charge < -0.3 is 5.32 Å². The molecule has 0 amide bonds. The number of benzene rings is 1. The quantitative estimate of drug-likeness (QED) is 0.769. The number of nitrogens with zero attached hydrogens (tertiary/aromatic N) is 2. The zero-order chi connectivity index (χ0) is 16.3. The number of nitrogens with one attached hydrogen (secondary N) is 1. The summed E-state index contributed by atoms with van der Waals surface area (Å²) in [5.41, 5.74) is 1.66. The zero-order valence-corrected chi connectivity index (χ0v) is 14.1. The summed E-state index contributed by atoms with van der Waals surface area (Å²) < 4.78 is 27.1. The highest BCUT2D eigenvalue weighted by Gasteiger charge is 2.07. The van der Waals surface area contributed by atoms with Crippen LogP contribution in [0.5, 0.6) is 0 Å². The van der Waals surface area contributed by atoms with Gasteiger partial charge in [-0.2, -0.15) is 0 Å². The van der Waals surface area contributed by atoms with Gasteiger partial charge >= 0.3 is 0 Å². The van der Waals surface area contributed by atoms with Crippen molar-refractivity contribution in [3.8, 4) is 11.3 Å². The van der Waals surface area contributed by atoms with Gasteiger partial charge in [-0.05, 0) is 41.9 Å². The van der Waals surface area contributed by atoms with Crippen LogP contribution in [-0.2, 0) is 16.4 Å². The Balaban J connectivity index is 1.79. The van der Waals surface area contributed by atoms with Crippen LogP contribution in [0.25, 0.3) is 11.3 Å². The lowest BCUT2D eigenvalue weighted by molar-refractivity contribution is 0.602. The fraction of sp³-hybridized carbons (Fsp3) is 0.125. The zero-order valence-electron chi connectivity index (χ0n) is 12.4. The Bertz CT molecular complexity index is 889. The average molecular weight is 345 g/mol. The van der Waals surface area contributed by atoms with Gasteiger partial charge in [0.05, 0.1) is 17.1 Å². The Hall–Kier alpha value is -2.25. The van der Waals surface area contributed by atoms with E-state index in [-0.39, 0.29) is 0 Å². The standard InChI is InChI=1S/C16H15N3O2S2/c1-23(20,21)14-7-5-12(6-8-14)15-3-2-4-16(19-15)17-11-13-9-10-18-22-13/h2-10H,11H2,1H3,(H,17,19). The Morgan fingerprint density at radius 2 is 1.87 bits per heavy atom. The second kappa shape index (κ2) is 6.47. The third-order valence-corrected chi connectivity index (χ3v) is 5.13. The van der Waals surface area contributed by atoms with Crippen LogP contribution in [-0.4, -0.2) is 24.0 Å². The lowest BCUT2D eigenvalue weighted by Gasteiger charge is -2.07. The highest BCUT2D eigenvalue weighted by atomic mass is 32.2. The van der Waals surface area contributed by atoms with E-state index < -0.39 is 9.84 Å². The predicted octanol–water partition coefficient (Wildman–Crippen LogP) is 3.22. The van der Waals surface area contributed by atoms with Gasteiger partial charge in [0.25, 0.3) is 0 Å². The van der Waals surface area contributed by atoms with E-state index in [1.807, 2.05) is 24.3 Å². The monoisotopic (exact) mass is 345 g/mol.